The van der Waals surface area contributed by atoms with Gasteiger partial charge in [0, 0.05) is 5.69 Å². The van der Waals surface area contributed by atoms with Crippen molar-refractivity contribution in [2.75, 3.05) is 4.90 Å². The zero-order chi connectivity index (χ0) is 34.2. The molecule has 1 heteroatoms. The molecule has 0 saturated carbocycles. The fourth-order valence-corrected chi connectivity index (χ4v) is 9.12. The molecule has 0 amide bonds. The van der Waals surface area contributed by atoms with E-state index < -0.39 is 5.41 Å². The average Bonchev–Trinajstić information content (AvgIpc) is 3.50. The third-order valence-corrected chi connectivity index (χ3v) is 11.4. The van der Waals surface area contributed by atoms with Gasteiger partial charge in [0.25, 0.3) is 0 Å². The molecule has 0 bridgehead atoms. The summed E-state index contributed by atoms with van der Waals surface area (Å²) in [4.78, 5) is 2.49. The van der Waals surface area contributed by atoms with Crippen molar-refractivity contribution < 1.29 is 0 Å². The van der Waals surface area contributed by atoms with Crippen LogP contribution in [0.1, 0.15) is 22.3 Å². The van der Waals surface area contributed by atoms with E-state index in [-0.39, 0.29) is 0 Å². The fourth-order valence-electron chi connectivity index (χ4n) is 9.12. The molecule has 52 heavy (non-hydrogen) atoms. The van der Waals surface area contributed by atoms with Gasteiger partial charge in [-0.05, 0) is 126 Å². The van der Waals surface area contributed by atoms with Crippen molar-refractivity contribution in [3.05, 3.63) is 222 Å². The van der Waals surface area contributed by atoms with Crippen molar-refractivity contribution in [1.29, 1.82) is 0 Å². The summed E-state index contributed by atoms with van der Waals surface area (Å²) in [5, 5.41) is 5.01. The zero-order valence-corrected chi connectivity index (χ0v) is 28.5. The van der Waals surface area contributed by atoms with E-state index in [9.17, 15) is 0 Å². The molecule has 0 unspecified atom stereocenters. The maximum atomic E-state index is 2.49. The fraction of sp³-hybridized carbons (Fsp3) is 0.0196. The van der Waals surface area contributed by atoms with Crippen LogP contribution in [0.4, 0.5) is 17.1 Å². The number of para-hydroxylation sites is 2. The van der Waals surface area contributed by atoms with E-state index >= 15 is 0 Å². The largest absolute Gasteiger partial charge is 0.310 e. The molecule has 2 aliphatic rings. The van der Waals surface area contributed by atoms with E-state index in [1.54, 1.807) is 0 Å². The maximum absolute atomic E-state index is 2.49. The Balaban J connectivity index is 1.21. The second-order valence-electron chi connectivity index (χ2n) is 14.1. The Hall–Kier alpha value is -6.70. The van der Waals surface area contributed by atoms with Gasteiger partial charge < -0.3 is 4.90 Å². The van der Waals surface area contributed by atoms with Gasteiger partial charge in [0.1, 0.15) is 0 Å². The van der Waals surface area contributed by atoms with Crippen LogP contribution in [0.15, 0.2) is 200 Å². The molecule has 0 aromatic heterocycles. The molecular weight excluding hydrogens is 627 g/mol. The number of benzene rings is 9. The predicted octanol–water partition coefficient (Wildman–Crippen LogP) is 13.5. The second-order valence-corrected chi connectivity index (χ2v) is 14.1. The lowest BCUT2D eigenvalue weighted by Crippen LogP contribution is -2.36. The lowest BCUT2D eigenvalue weighted by molar-refractivity contribution is 0.753. The minimum Gasteiger partial charge on any atom is -0.310 e. The van der Waals surface area contributed by atoms with E-state index in [0.717, 1.165) is 5.69 Å². The summed E-state index contributed by atoms with van der Waals surface area (Å²) in [5.74, 6) is 0. The summed E-state index contributed by atoms with van der Waals surface area (Å²) in [6.07, 6.45) is 0. The molecule has 1 aliphatic heterocycles. The second kappa shape index (κ2) is 11.2. The zero-order valence-electron chi connectivity index (χ0n) is 28.5. The smallest absolute Gasteiger partial charge is 0.0754 e. The van der Waals surface area contributed by atoms with Gasteiger partial charge in [-0.15, -0.1) is 0 Å². The first-order valence-electron chi connectivity index (χ1n) is 18.1. The molecule has 242 valence electrons. The van der Waals surface area contributed by atoms with E-state index in [1.807, 2.05) is 0 Å². The molecule has 1 aliphatic carbocycles. The number of hydrogen-bond donors (Lipinski definition) is 0. The van der Waals surface area contributed by atoms with Crippen molar-refractivity contribution in [3.63, 3.8) is 0 Å². The Morgan fingerprint density at radius 1 is 0.288 bits per heavy atom. The van der Waals surface area contributed by atoms with Crippen LogP contribution in [-0.4, -0.2) is 0 Å². The van der Waals surface area contributed by atoms with Gasteiger partial charge >= 0.3 is 0 Å². The Morgan fingerprint density at radius 3 is 1.31 bits per heavy atom. The monoisotopic (exact) mass is 659 g/mol. The summed E-state index contributed by atoms with van der Waals surface area (Å²) in [7, 11) is 0. The molecule has 0 fully saturated rings. The van der Waals surface area contributed by atoms with E-state index in [4.69, 9.17) is 0 Å². The Labute approximate surface area is 303 Å². The van der Waals surface area contributed by atoms with Gasteiger partial charge in [0.2, 0.25) is 0 Å². The molecule has 9 aromatic rings. The van der Waals surface area contributed by atoms with Crippen LogP contribution < -0.4 is 4.90 Å². The van der Waals surface area contributed by atoms with Gasteiger partial charge in [-0.2, -0.15) is 0 Å². The minimum atomic E-state index is -0.531. The molecule has 0 atom stereocenters. The average molecular weight is 660 g/mol. The van der Waals surface area contributed by atoms with E-state index in [1.165, 1.54) is 88.6 Å². The summed E-state index contributed by atoms with van der Waals surface area (Å²) in [5.41, 5.74) is 15.8. The summed E-state index contributed by atoms with van der Waals surface area (Å²) in [6, 6.07) is 74.3. The van der Waals surface area contributed by atoms with Crippen molar-refractivity contribution in [2.45, 2.75) is 5.41 Å². The van der Waals surface area contributed by atoms with Gasteiger partial charge in [0.05, 0.1) is 16.8 Å². The first kappa shape index (κ1) is 29.1. The molecule has 1 heterocycles. The Bertz CT molecular complexity index is 2710. The first-order valence-corrected chi connectivity index (χ1v) is 18.1. The van der Waals surface area contributed by atoms with Crippen LogP contribution in [0.2, 0.25) is 0 Å². The van der Waals surface area contributed by atoms with Gasteiger partial charge in [-0.3, -0.25) is 0 Å². The molecule has 0 saturated heterocycles. The first-order chi connectivity index (χ1) is 25.8. The highest BCUT2D eigenvalue weighted by molar-refractivity contribution is 6.02. The van der Waals surface area contributed by atoms with Gasteiger partial charge in [0.15, 0.2) is 0 Å². The third-order valence-electron chi connectivity index (χ3n) is 11.4. The van der Waals surface area contributed by atoms with Crippen LogP contribution in [0.3, 0.4) is 0 Å². The molecule has 9 aromatic carbocycles. The number of rotatable bonds is 3. The Kier molecular flexibility index (Phi) is 6.23. The van der Waals surface area contributed by atoms with Crippen molar-refractivity contribution in [1.82, 2.24) is 0 Å². The Morgan fingerprint density at radius 2 is 0.750 bits per heavy atom. The molecule has 11 rings (SSSR count). The summed E-state index contributed by atoms with van der Waals surface area (Å²) < 4.78 is 0. The highest BCUT2D eigenvalue weighted by Crippen LogP contribution is 2.64. The number of anilines is 3. The lowest BCUT2D eigenvalue weighted by atomic mass is 9.64. The highest BCUT2D eigenvalue weighted by Gasteiger charge is 2.52. The van der Waals surface area contributed by atoms with Crippen LogP contribution >= 0.6 is 0 Å². The quantitative estimate of drug-likeness (QED) is 0.171. The van der Waals surface area contributed by atoms with E-state index in [0.29, 0.717) is 0 Å². The predicted molar refractivity (Wildman–Crippen MR) is 218 cm³/mol. The van der Waals surface area contributed by atoms with Crippen LogP contribution in [0, 0.1) is 0 Å². The van der Waals surface area contributed by atoms with Crippen molar-refractivity contribution in [3.8, 4) is 33.4 Å². The number of nitrogens with zero attached hydrogens (tertiary/aromatic N) is 1. The molecule has 1 spiro atoms. The topological polar surface area (TPSA) is 3.24 Å². The van der Waals surface area contributed by atoms with Crippen molar-refractivity contribution >= 4 is 38.6 Å². The summed E-state index contributed by atoms with van der Waals surface area (Å²) in [6.45, 7) is 0. The molecule has 0 radical (unpaired) electrons. The third kappa shape index (κ3) is 4.11. The molecule has 1 nitrogen and oxygen atoms in total. The molecule has 0 N–H and O–H groups in total. The van der Waals surface area contributed by atoms with Crippen molar-refractivity contribution in [2.24, 2.45) is 0 Å². The SMILES string of the molecule is c1ccc(-c2ccc3c(c2)C2(c4cc(-c5ccccc5)ccc4-3)c3ccccc3N(c3ccc4cc5ccccc5cc4c3)c3ccccc32)cc1. The van der Waals surface area contributed by atoms with Gasteiger partial charge in [-0.1, -0.05) is 152 Å². The standard InChI is InChI=1S/C51H33N/c1-3-13-34(14-4-1)39-24-27-43-44-28-25-40(35-15-5-2-6-16-35)33-48(44)51(47(43)32-39)45-19-9-11-21-49(45)52(50-22-12-10-20-46(50)51)42-26-23-38-29-36-17-7-8-18-37(36)30-41(38)31-42/h1-33H. The van der Waals surface area contributed by atoms with Crippen LogP contribution in [0.5, 0.6) is 0 Å². The van der Waals surface area contributed by atoms with Gasteiger partial charge in [-0.25, -0.2) is 0 Å². The van der Waals surface area contributed by atoms with Crippen LogP contribution in [0.25, 0.3) is 54.9 Å². The molecular formula is C51H33N. The highest BCUT2D eigenvalue weighted by atomic mass is 15.2. The maximum Gasteiger partial charge on any atom is 0.0754 e. The number of fused-ring (bicyclic) bond motifs is 11. The normalized spacial score (nSPS) is 13.5. The van der Waals surface area contributed by atoms with E-state index in [2.05, 4.69) is 205 Å². The lowest BCUT2D eigenvalue weighted by Gasteiger charge is -2.45. The van der Waals surface area contributed by atoms with Crippen LogP contribution in [-0.2, 0) is 5.41 Å². The number of hydrogen-bond acceptors (Lipinski definition) is 1. The summed E-state index contributed by atoms with van der Waals surface area (Å²) >= 11 is 0. The minimum absolute atomic E-state index is 0.531.